The molecular formula is C26H29N5O. The number of pyridine rings is 1. The van der Waals surface area contributed by atoms with Crippen LogP contribution in [0.2, 0.25) is 0 Å². The summed E-state index contributed by atoms with van der Waals surface area (Å²) in [6, 6.07) is 17.5. The Bertz CT molecular complexity index is 1290. The highest BCUT2D eigenvalue weighted by atomic mass is 16.1. The molecule has 0 amide bonds. The van der Waals surface area contributed by atoms with Crippen molar-refractivity contribution in [2.45, 2.75) is 13.3 Å². The van der Waals surface area contributed by atoms with E-state index in [-0.39, 0.29) is 5.56 Å². The fraction of sp³-hybridized carbons (Fsp3) is 0.231. The van der Waals surface area contributed by atoms with Crippen molar-refractivity contribution in [2.75, 3.05) is 32.0 Å². The van der Waals surface area contributed by atoms with Gasteiger partial charge in [0, 0.05) is 60.2 Å². The third kappa shape index (κ3) is 4.65. The van der Waals surface area contributed by atoms with Crippen molar-refractivity contribution in [1.82, 2.24) is 14.5 Å². The van der Waals surface area contributed by atoms with E-state index in [4.69, 9.17) is 5.41 Å². The van der Waals surface area contributed by atoms with Crippen molar-refractivity contribution in [3.05, 3.63) is 82.9 Å². The maximum Gasteiger partial charge on any atom is 0.255 e. The van der Waals surface area contributed by atoms with E-state index < -0.39 is 0 Å². The van der Waals surface area contributed by atoms with Crippen LogP contribution < -0.4 is 10.9 Å². The van der Waals surface area contributed by atoms with Crippen molar-refractivity contribution in [3.8, 4) is 16.8 Å². The number of H-pyrrole nitrogens is 1. The van der Waals surface area contributed by atoms with E-state index in [1.165, 1.54) is 6.21 Å². The van der Waals surface area contributed by atoms with Crippen molar-refractivity contribution < 1.29 is 0 Å². The third-order valence-electron chi connectivity index (χ3n) is 5.69. The topological polar surface area (TPSA) is 76.9 Å². The minimum atomic E-state index is -0.102. The summed E-state index contributed by atoms with van der Waals surface area (Å²) in [5.74, 6) is 0. The van der Waals surface area contributed by atoms with Crippen molar-refractivity contribution in [1.29, 1.82) is 5.41 Å². The molecule has 32 heavy (non-hydrogen) atoms. The summed E-state index contributed by atoms with van der Waals surface area (Å²) in [6.45, 7) is 4.97. The number of likely N-dealkylation sites (N-methyl/N-ethyl adjacent to an activating group) is 1. The van der Waals surface area contributed by atoms with E-state index in [2.05, 4.69) is 35.2 Å². The van der Waals surface area contributed by atoms with Gasteiger partial charge in [0.2, 0.25) is 0 Å². The van der Waals surface area contributed by atoms with Crippen molar-refractivity contribution in [3.63, 3.8) is 0 Å². The van der Waals surface area contributed by atoms with Crippen molar-refractivity contribution >= 4 is 22.8 Å². The van der Waals surface area contributed by atoms with Gasteiger partial charge >= 0.3 is 0 Å². The van der Waals surface area contributed by atoms with Crippen LogP contribution >= 0.6 is 0 Å². The largest absolute Gasteiger partial charge is 0.383 e. The van der Waals surface area contributed by atoms with Gasteiger partial charge in [-0.15, -0.1) is 0 Å². The van der Waals surface area contributed by atoms with Gasteiger partial charge in [-0.3, -0.25) is 9.36 Å². The zero-order valence-electron chi connectivity index (χ0n) is 18.6. The first kappa shape index (κ1) is 21.6. The molecule has 6 heteroatoms. The van der Waals surface area contributed by atoms with E-state index in [1.807, 2.05) is 48.7 Å². The van der Waals surface area contributed by atoms with Gasteiger partial charge in [0.05, 0.1) is 0 Å². The predicted molar refractivity (Wildman–Crippen MR) is 133 cm³/mol. The van der Waals surface area contributed by atoms with E-state index in [1.54, 1.807) is 16.8 Å². The molecule has 0 aliphatic heterocycles. The van der Waals surface area contributed by atoms with Gasteiger partial charge in [-0.25, -0.2) is 0 Å². The second-order valence-electron chi connectivity index (χ2n) is 8.05. The molecule has 0 bridgehead atoms. The number of hydrogen-bond acceptors (Lipinski definition) is 4. The molecule has 0 spiro atoms. The Balaban J connectivity index is 1.55. The Hall–Kier alpha value is -3.64. The lowest BCUT2D eigenvalue weighted by Crippen LogP contribution is -2.26. The summed E-state index contributed by atoms with van der Waals surface area (Å²) < 4.78 is 1.62. The van der Waals surface area contributed by atoms with E-state index >= 15 is 0 Å². The molecule has 2 heterocycles. The monoisotopic (exact) mass is 427 g/mol. The zero-order chi connectivity index (χ0) is 22.5. The molecule has 4 aromatic rings. The number of nitrogens with one attached hydrogen (secondary N) is 3. The summed E-state index contributed by atoms with van der Waals surface area (Å²) in [6.07, 6.45) is 6.17. The minimum Gasteiger partial charge on any atom is -0.383 e. The SMILES string of the molecule is CCCN(C)CCNc1ccc(-n2ccc(-c3ccc4[nH]ccc4c3)cc2=O)cc1C=N. The van der Waals surface area contributed by atoms with Gasteiger partial charge in [0.25, 0.3) is 5.56 Å². The van der Waals surface area contributed by atoms with Crippen LogP contribution in [-0.4, -0.2) is 47.3 Å². The maximum atomic E-state index is 12.9. The molecule has 0 radical (unpaired) electrons. The standard InChI is InChI=1S/C26H29N5O/c1-3-12-30(2)14-11-29-25-7-5-23(16-22(25)18-27)31-13-9-20(17-26(31)32)19-4-6-24-21(15-19)8-10-28-24/h4-10,13,15-18,27-29H,3,11-12,14H2,1-2H3. The Morgan fingerprint density at radius 3 is 2.69 bits per heavy atom. The lowest BCUT2D eigenvalue weighted by molar-refractivity contribution is 0.348. The second-order valence-corrected chi connectivity index (χ2v) is 8.05. The molecule has 2 aromatic carbocycles. The van der Waals surface area contributed by atoms with E-state index in [0.29, 0.717) is 0 Å². The second kappa shape index (κ2) is 9.66. The molecule has 4 rings (SSSR count). The molecule has 3 N–H and O–H groups in total. The molecule has 164 valence electrons. The highest BCUT2D eigenvalue weighted by Crippen LogP contribution is 2.24. The first-order chi connectivity index (χ1) is 15.6. The van der Waals surface area contributed by atoms with Gasteiger partial charge in [-0.2, -0.15) is 0 Å². The number of aromatic nitrogens is 2. The highest BCUT2D eigenvalue weighted by molar-refractivity contribution is 5.87. The molecule has 2 aromatic heterocycles. The number of aromatic amines is 1. The Labute approximate surface area is 188 Å². The molecule has 0 saturated carbocycles. The molecule has 0 aliphatic carbocycles. The number of hydrogen-bond donors (Lipinski definition) is 3. The van der Waals surface area contributed by atoms with Crippen LogP contribution in [0.4, 0.5) is 5.69 Å². The van der Waals surface area contributed by atoms with Gasteiger partial charge in [0.15, 0.2) is 0 Å². The van der Waals surface area contributed by atoms with Crippen LogP contribution in [0.3, 0.4) is 0 Å². The minimum absolute atomic E-state index is 0.102. The molecule has 0 fully saturated rings. The van der Waals surface area contributed by atoms with Crippen LogP contribution in [-0.2, 0) is 0 Å². The summed E-state index contributed by atoms with van der Waals surface area (Å²) in [7, 11) is 2.11. The van der Waals surface area contributed by atoms with Gasteiger partial charge < -0.3 is 20.6 Å². The van der Waals surface area contributed by atoms with Crippen LogP contribution in [0.5, 0.6) is 0 Å². The lowest BCUT2D eigenvalue weighted by Gasteiger charge is -2.17. The van der Waals surface area contributed by atoms with Crippen LogP contribution in [0.25, 0.3) is 27.7 Å². The Morgan fingerprint density at radius 2 is 1.91 bits per heavy atom. The molecule has 0 saturated heterocycles. The summed E-state index contributed by atoms with van der Waals surface area (Å²) in [4.78, 5) is 18.4. The van der Waals surface area contributed by atoms with Crippen LogP contribution in [0.1, 0.15) is 18.9 Å². The van der Waals surface area contributed by atoms with E-state index in [0.717, 1.165) is 65.0 Å². The molecule has 0 aliphatic rings. The lowest BCUT2D eigenvalue weighted by atomic mass is 10.1. The predicted octanol–water partition coefficient (Wildman–Crippen LogP) is 4.74. The summed E-state index contributed by atoms with van der Waals surface area (Å²) in [5, 5.41) is 12.3. The first-order valence-electron chi connectivity index (χ1n) is 11.0. The molecule has 6 nitrogen and oxygen atoms in total. The highest BCUT2D eigenvalue weighted by Gasteiger charge is 2.08. The summed E-state index contributed by atoms with van der Waals surface area (Å²) >= 11 is 0. The molecule has 0 unspecified atom stereocenters. The quantitative estimate of drug-likeness (QED) is 0.338. The summed E-state index contributed by atoms with van der Waals surface area (Å²) in [5.41, 5.74) is 5.27. The van der Waals surface area contributed by atoms with Gasteiger partial charge in [0.1, 0.15) is 0 Å². The fourth-order valence-corrected chi connectivity index (χ4v) is 3.96. The van der Waals surface area contributed by atoms with Crippen LogP contribution in [0, 0.1) is 5.41 Å². The maximum absolute atomic E-state index is 12.9. The van der Waals surface area contributed by atoms with Gasteiger partial charge in [-0.1, -0.05) is 13.0 Å². The molecule has 0 atom stereocenters. The Kier molecular flexibility index (Phi) is 6.52. The zero-order valence-corrected chi connectivity index (χ0v) is 18.6. The van der Waals surface area contributed by atoms with E-state index in [9.17, 15) is 4.79 Å². The van der Waals surface area contributed by atoms with Crippen molar-refractivity contribution in [2.24, 2.45) is 0 Å². The number of nitrogens with zero attached hydrogens (tertiary/aromatic N) is 2. The number of rotatable bonds is 9. The Morgan fingerprint density at radius 1 is 1.06 bits per heavy atom. The molecular weight excluding hydrogens is 398 g/mol. The van der Waals surface area contributed by atoms with Crippen LogP contribution in [0.15, 0.2) is 71.8 Å². The normalized spacial score (nSPS) is 11.2. The fourth-order valence-electron chi connectivity index (χ4n) is 3.96. The average molecular weight is 428 g/mol. The van der Waals surface area contributed by atoms with Gasteiger partial charge in [-0.05, 0) is 79.0 Å². The smallest absolute Gasteiger partial charge is 0.255 e. The number of anilines is 1. The number of benzene rings is 2. The number of fused-ring (bicyclic) bond motifs is 1. The third-order valence-corrected chi connectivity index (χ3v) is 5.69. The average Bonchev–Trinajstić information content (AvgIpc) is 3.27. The first-order valence-corrected chi connectivity index (χ1v) is 11.0.